The minimum absolute atomic E-state index is 0.0288. The van der Waals surface area contributed by atoms with Crippen LogP contribution in [-0.2, 0) is 5.41 Å². The molecule has 2 aromatic carbocycles. The first-order valence-corrected chi connectivity index (χ1v) is 7.52. The molecule has 20 heavy (non-hydrogen) atoms. The zero-order valence-corrected chi connectivity index (χ0v) is 12.8. The maximum absolute atomic E-state index is 6.77. The molecule has 1 nitrogen and oxygen atoms in total. The van der Waals surface area contributed by atoms with E-state index in [0.717, 1.165) is 24.2 Å². The van der Waals surface area contributed by atoms with E-state index < -0.39 is 0 Å². The van der Waals surface area contributed by atoms with Crippen LogP contribution in [-0.4, -0.2) is 7.11 Å². The second-order valence-electron chi connectivity index (χ2n) is 5.27. The Bertz CT molecular complexity index is 606. The Kier molecular flexibility index (Phi) is 3.66. The first kappa shape index (κ1) is 13.8. The number of hydrogen-bond acceptors (Lipinski definition) is 1. The standard InChI is InChI=1S/C17H16Cl2O/c1-20-13-7-8-14(15(18)11-13)16(19)17(9-10-17)12-5-3-2-4-6-12/h2-8,11,16H,9-10H2,1H3. The van der Waals surface area contributed by atoms with Gasteiger partial charge >= 0.3 is 0 Å². The van der Waals surface area contributed by atoms with Crippen molar-refractivity contribution in [3.63, 3.8) is 0 Å². The van der Waals surface area contributed by atoms with Crippen molar-refractivity contribution in [2.75, 3.05) is 7.11 Å². The van der Waals surface area contributed by atoms with Crippen molar-refractivity contribution in [1.82, 2.24) is 0 Å². The maximum Gasteiger partial charge on any atom is 0.120 e. The van der Waals surface area contributed by atoms with E-state index in [-0.39, 0.29) is 10.8 Å². The van der Waals surface area contributed by atoms with Crippen molar-refractivity contribution in [1.29, 1.82) is 0 Å². The van der Waals surface area contributed by atoms with Crippen molar-refractivity contribution < 1.29 is 4.74 Å². The molecule has 1 unspecified atom stereocenters. The van der Waals surface area contributed by atoms with E-state index in [1.165, 1.54) is 5.56 Å². The highest BCUT2D eigenvalue weighted by Gasteiger charge is 2.51. The Hall–Kier alpha value is -1.18. The quantitative estimate of drug-likeness (QED) is 0.691. The number of benzene rings is 2. The van der Waals surface area contributed by atoms with Crippen LogP contribution < -0.4 is 4.74 Å². The molecule has 1 atom stereocenters. The molecule has 3 heteroatoms. The van der Waals surface area contributed by atoms with Crippen LogP contribution in [0.25, 0.3) is 0 Å². The highest BCUT2D eigenvalue weighted by Crippen LogP contribution is 2.60. The Morgan fingerprint density at radius 3 is 2.35 bits per heavy atom. The smallest absolute Gasteiger partial charge is 0.120 e. The molecule has 104 valence electrons. The summed E-state index contributed by atoms with van der Waals surface area (Å²) in [6, 6.07) is 16.2. The minimum Gasteiger partial charge on any atom is -0.497 e. The van der Waals surface area contributed by atoms with E-state index in [1.807, 2.05) is 24.3 Å². The summed E-state index contributed by atoms with van der Waals surface area (Å²) in [5, 5.41) is 0.565. The fourth-order valence-corrected chi connectivity index (χ4v) is 3.60. The highest BCUT2D eigenvalue weighted by atomic mass is 35.5. The van der Waals surface area contributed by atoms with Crippen LogP contribution >= 0.6 is 23.2 Å². The van der Waals surface area contributed by atoms with Gasteiger partial charge in [0.15, 0.2) is 0 Å². The van der Waals surface area contributed by atoms with Crippen LogP contribution in [0.4, 0.5) is 0 Å². The third-order valence-corrected chi connectivity index (χ3v) is 5.08. The molecule has 1 aliphatic rings. The van der Waals surface area contributed by atoms with Gasteiger partial charge in [-0.25, -0.2) is 0 Å². The van der Waals surface area contributed by atoms with Crippen LogP contribution in [0, 0.1) is 0 Å². The van der Waals surface area contributed by atoms with Crippen molar-refractivity contribution in [2.24, 2.45) is 0 Å². The van der Waals surface area contributed by atoms with E-state index in [9.17, 15) is 0 Å². The van der Waals surface area contributed by atoms with Gasteiger partial charge in [-0.15, -0.1) is 11.6 Å². The average Bonchev–Trinajstić information content (AvgIpc) is 3.29. The molecule has 0 amide bonds. The van der Waals surface area contributed by atoms with Gasteiger partial charge in [0.05, 0.1) is 12.5 Å². The normalized spacial score (nSPS) is 17.6. The monoisotopic (exact) mass is 306 g/mol. The summed E-state index contributed by atoms with van der Waals surface area (Å²) < 4.78 is 5.19. The lowest BCUT2D eigenvalue weighted by atomic mass is 9.88. The Balaban J connectivity index is 1.95. The van der Waals surface area contributed by atoms with Gasteiger partial charge in [0.2, 0.25) is 0 Å². The summed E-state index contributed by atoms with van der Waals surface area (Å²) in [7, 11) is 1.63. The zero-order chi connectivity index (χ0) is 14.2. The third kappa shape index (κ3) is 2.30. The molecule has 0 saturated heterocycles. The fraction of sp³-hybridized carbons (Fsp3) is 0.294. The Labute approximate surface area is 129 Å². The van der Waals surface area contributed by atoms with Gasteiger partial charge in [0.25, 0.3) is 0 Å². The summed E-state index contributed by atoms with van der Waals surface area (Å²) in [4.78, 5) is 0. The summed E-state index contributed by atoms with van der Waals surface area (Å²) >= 11 is 13.1. The molecular formula is C17H16Cl2O. The third-order valence-electron chi connectivity index (χ3n) is 4.10. The molecule has 0 N–H and O–H groups in total. The molecule has 0 bridgehead atoms. The lowest BCUT2D eigenvalue weighted by molar-refractivity contribution is 0.414. The lowest BCUT2D eigenvalue weighted by Crippen LogP contribution is -2.14. The molecule has 2 aromatic rings. The van der Waals surface area contributed by atoms with Crippen molar-refractivity contribution in [2.45, 2.75) is 23.6 Å². The fourth-order valence-electron chi connectivity index (χ4n) is 2.73. The molecule has 1 saturated carbocycles. The SMILES string of the molecule is COc1ccc(C(Cl)C2(c3ccccc3)CC2)c(Cl)c1. The first-order valence-electron chi connectivity index (χ1n) is 6.70. The van der Waals surface area contributed by atoms with Crippen LogP contribution in [0.3, 0.4) is 0 Å². The zero-order valence-electron chi connectivity index (χ0n) is 11.3. The average molecular weight is 307 g/mol. The molecule has 0 aromatic heterocycles. The molecule has 0 spiro atoms. The van der Waals surface area contributed by atoms with E-state index >= 15 is 0 Å². The van der Waals surface area contributed by atoms with Gasteiger partial charge < -0.3 is 4.74 Å². The second-order valence-corrected chi connectivity index (χ2v) is 6.12. The number of methoxy groups -OCH3 is 1. The van der Waals surface area contributed by atoms with E-state index in [1.54, 1.807) is 7.11 Å². The van der Waals surface area contributed by atoms with Gasteiger partial charge in [-0.05, 0) is 36.1 Å². The van der Waals surface area contributed by atoms with E-state index in [2.05, 4.69) is 24.3 Å². The van der Waals surface area contributed by atoms with Gasteiger partial charge in [0, 0.05) is 10.4 Å². The van der Waals surface area contributed by atoms with Gasteiger partial charge in [-0.3, -0.25) is 0 Å². The van der Waals surface area contributed by atoms with Crippen molar-refractivity contribution in [3.8, 4) is 5.75 Å². The summed E-state index contributed by atoms with van der Waals surface area (Å²) in [5.74, 6) is 0.757. The van der Waals surface area contributed by atoms with Crippen LogP contribution in [0.1, 0.15) is 29.3 Å². The lowest BCUT2D eigenvalue weighted by Gasteiger charge is -2.23. The molecule has 0 radical (unpaired) electrons. The second kappa shape index (κ2) is 5.31. The number of rotatable bonds is 4. The van der Waals surface area contributed by atoms with E-state index in [0.29, 0.717) is 5.02 Å². The summed E-state index contributed by atoms with van der Waals surface area (Å²) in [6.45, 7) is 0. The van der Waals surface area contributed by atoms with Gasteiger partial charge in [-0.1, -0.05) is 48.0 Å². The van der Waals surface area contributed by atoms with E-state index in [4.69, 9.17) is 27.9 Å². The molecule has 3 rings (SSSR count). The highest BCUT2D eigenvalue weighted by molar-refractivity contribution is 6.33. The summed E-state index contributed by atoms with van der Waals surface area (Å²) in [6.07, 6.45) is 2.21. The number of alkyl halides is 1. The van der Waals surface area contributed by atoms with Crippen LogP contribution in [0.2, 0.25) is 5.02 Å². The number of halogens is 2. The maximum atomic E-state index is 6.77. The molecule has 0 aliphatic heterocycles. The number of ether oxygens (including phenoxy) is 1. The molecule has 1 fully saturated rings. The topological polar surface area (TPSA) is 9.23 Å². The van der Waals surface area contributed by atoms with Crippen molar-refractivity contribution in [3.05, 3.63) is 64.7 Å². The van der Waals surface area contributed by atoms with Crippen molar-refractivity contribution >= 4 is 23.2 Å². The molecule has 0 heterocycles. The number of hydrogen-bond donors (Lipinski definition) is 0. The van der Waals surface area contributed by atoms with Crippen LogP contribution in [0.5, 0.6) is 5.75 Å². The first-order chi connectivity index (χ1) is 9.67. The Morgan fingerprint density at radius 1 is 1.10 bits per heavy atom. The minimum atomic E-state index is -0.108. The summed E-state index contributed by atoms with van der Waals surface area (Å²) in [5.41, 5.74) is 2.31. The van der Waals surface area contributed by atoms with Crippen LogP contribution in [0.15, 0.2) is 48.5 Å². The van der Waals surface area contributed by atoms with Gasteiger partial charge in [0.1, 0.15) is 5.75 Å². The molecule has 1 aliphatic carbocycles. The Morgan fingerprint density at radius 2 is 1.80 bits per heavy atom. The largest absolute Gasteiger partial charge is 0.497 e. The predicted molar refractivity (Wildman–Crippen MR) is 84.0 cm³/mol. The van der Waals surface area contributed by atoms with Gasteiger partial charge in [-0.2, -0.15) is 0 Å². The molecular weight excluding hydrogens is 291 g/mol. The predicted octanol–water partition coefficient (Wildman–Crippen LogP) is 5.36.